The van der Waals surface area contributed by atoms with Crippen LogP contribution in [0.15, 0.2) is 54.9 Å². The predicted molar refractivity (Wildman–Crippen MR) is 61.4 cm³/mol. The van der Waals surface area contributed by atoms with Crippen LogP contribution in [0.25, 0.3) is 5.69 Å². The Morgan fingerprint density at radius 3 is 2.25 bits per heavy atom. The van der Waals surface area contributed by atoms with Gasteiger partial charge >= 0.3 is 0 Å². The molecular weight excluding hydrogens is 200 g/mol. The van der Waals surface area contributed by atoms with Gasteiger partial charge in [0.1, 0.15) is 0 Å². The zero-order chi connectivity index (χ0) is 11.4. The molecule has 0 bridgehead atoms. The number of carbonyl (C=O) groups excluding carboxylic acids is 1. The third-order valence-corrected chi connectivity index (χ3v) is 2.37. The lowest BCUT2D eigenvalue weighted by atomic mass is 10.2. The molecule has 1 amide bonds. The Balaban J connectivity index is 2.30. The lowest BCUT2D eigenvalue weighted by Crippen LogP contribution is -2.29. The highest BCUT2D eigenvalue weighted by molar-refractivity contribution is 5.94. The van der Waals surface area contributed by atoms with Crippen molar-refractivity contribution in [1.82, 2.24) is 5.32 Å². The second-order valence-electron chi connectivity index (χ2n) is 3.41. The molecule has 3 heteroatoms. The summed E-state index contributed by atoms with van der Waals surface area (Å²) < 4.78 is 1.99. The zero-order valence-corrected chi connectivity index (χ0v) is 9.05. The predicted octanol–water partition coefficient (Wildman–Crippen LogP) is 1.32. The summed E-state index contributed by atoms with van der Waals surface area (Å²) in [6, 6.07) is 13.4. The van der Waals surface area contributed by atoms with Crippen LogP contribution in [0.1, 0.15) is 10.4 Å². The molecule has 0 saturated heterocycles. The molecule has 0 aliphatic rings. The van der Waals surface area contributed by atoms with E-state index in [0.717, 1.165) is 5.69 Å². The number of hydrogen-bond acceptors (Lipinski definition) is 1. The van der Waals surface area contributed by atoms with Crippen molar-refractivity contribution in [2.75, 3.05) is 7.05 Å². The van der Waals surface area contributed by atoms with Gasteiger partial charge < -0.3 is 5.32 Å². The molecule has 1 N–H and O–H groups in total. The minimum Gasteiger partial charge on any atom is -0.355 e. The number of hydrogen-bond donors (Lipinski definition) is 1. The van der Waals surface area contributed by atoms with Gasteiger partial charge in [0.05, 0.1) is 0 Å². The molecule has 0 atom stereocenters. The molecule has 2 aromatic rings. The number of nitrogens with zero attached hydrogens (tertiary/aromatic N) is 1. The lowest BCUT2D eigenvalue weighted by Gasteiger charge is -1.99. The summed E-state index contributed by atoms with van der Waals surface area (Å²) in [5, 5.41) is 2.59. The largest absolute Gasteiger partial charge is 0.355 e. The van der Waals surface area contributed by atoms with Gasteiger partial charge in [-0.15, -0.1) is 0 Å². The average molecular weight is 213 g/mol. The maximum Gasteiger partial charge on any atom is 0.251 e. The Morgan fingerprint density at radius 1 is 1.06 bits per heavy atom. The summed E-state index contributed by atoms with van der Waals surface area (Å²) in [7, 11) is 1.63. The van der Waals surface area contributed by atoms with Crippen molar-refractivity contribution in [2.24, 2.45) is 0 Å². The lowest BCUT2D eigenvalue weighted by molar-refractivity contribution is -0.595. The van der Waals surface area contributed by atoms with E-state index in [-0.39, 0.29) is 5.91 Å². The van der Waals surface area contributed by atoms with E-state index >= 15 is 0 Å². The van der Waals surface area contributed by atoms with Gasteiger partial charge in [-0.05, 0) is 12.1 Å². The molecule has 1 aromatic carbocycles. The van der Waals surface area contributed by atoms with Crippen molar-refractivity contribution in [3.63, 3.8) is 0 Å². The Morgan fingerprint density at radius 2 is 1.69 bits per heavy atom. The van der Waals surface area contributed by atoms with Crippen LogP contribution >= 0.6 is 0 Å². The number of aromatic nitrogens is 1. The zero-order valence-electron chi connectivity index (χ0n) is 9.05. The van der Waals surface area contributed by atoms with Gasteiger partial charge in [-0.3, -0.25) is 4.79 Å². The summed E-state index contributed by atoms with van der Waals surface area (Å²) >= 11 is 0. The first kappa shape index (κ1) is 10.4. The summed E-state index contributed by atoms with van der Waals surface area (Å²) in [5.41, 5.74) is 1.70. The SMILES string of the molecule is CNC(=O)c1ccc(-[n+]2ccccc2)cc1. The van der Waals surface area contributed by atoms with Crippen molar-refractivity contribution in [3.05, 3.63) is 60.4 Å². The van der Waals surface area contributed by atoms with E-state index < -0.39 is 0 Å². The Hall–Kier alpha value is -2.16. The third-order valence-electron chi connectivity index (χ3n) is 2.37. The van der Waals surface area contributed by atoms with Gasteiger partial charge in [0, 0.05) is 36.9 Å². The standard InChI is InChI=1S/C13H12N2O/c1-14-13(16)11-5-7-12(8-6-11)15-9-3-2-4-10-15/h2-10H,1H3/p+1. The molecule has 0 radical (unpaired) electrons. The first-order valence-corrected chi connectivity index (χ1v) is 5.10. The van der Waals surface area contributed by atoms with Crippen molar-refractivity contribution in [2.45, 2.75) is 0 Å². The van der Waals surface area contributed by atoms with Crippen LogP contribution in [0, 0.1) is 0 Å². The van der Waals surface area contributed by atoms with E-state index in [1.165, 1.54) is 0 Å². The van der Waals surface area contributed by atoms with E-state index in [1.807, 2.05) is 59.4 Å². The fourth-order valence-electron chi connectivity index (χ4n) is 1.50. The van der Waals surface area contributed by atoms with Gasteiger partial charge in [-0.25, -0.2) is 0 Å². The molecule has 0 fully saturated rings. The number of rotatable bonds is 2. The Kier molecular flexibility index (Phi) is 2.96. The number of carbonyl (C=O) groups is 1. The van der Waals surface area contributed by atoms with Gasteiger partial charge in [-0.2, -0.15) is 4.57 Å². The monoisotopic (exact) mass is 213 g/mol. The fourth-order valence-corrected chi connectivity index (χ4v) is 1.50. The molecule has 0 saturated carbocycles. The van der Waals surface area contributed by atoms with Crippen LogP contribution in [-0.4, -0.2) is 13.0 Å². The molecule has 0 unspecified atom stereocenters. The second kappa shape index (κ2) is 4.57. The van der Waals surface area contributed by atoms with E-state index in [0.29, 0.717) is 5.56 Å². The number of nitrogens with one attached hydrogen (secondary N) is 1. The van der Waals surface area contributed by atoms with Crippen LogP contribution < -0.4 is 9.88 Å². The van der Waals surface area contributed by atoms with E-state index in [4.69, 9.17) is 0 Å². The van der Waals surface area contributed by atoms with Crippen LogP contribution in [0.5, 0.6) is 0 Å². The quantitative estimate of drug-likeness (QED) is 0.750. The average Bonchev–Trinajstić information content (AvgIpc) is 2.39. The van der Waals surface area contributed by atoms with Crippen LogP contribution in [0.2, 0.25) is 0 Å². The highest BCUT2D eigenvalue weighted by Gasteiger charge is 2.06. The maximum absolute atomic E-state index is 11.3. The molecule has 1 aromatic heterocycles. The first-order chi connectivity index (χ1) is 7.81. The van der Waals surface area contributed by atoms with E-state index in [1.54, 1.807) is 7.05 Å². The maximum atomic E-state index is 11.3. The summed E-state index contributed by atoms with van der Waals surface area (Å²) in [5.74, 6) is -0.0652. The number of benzene rings is 1. The third kappa shape index (κ3) is 2.08. The summed E-state index contributed by atoms with van der Waals surface area (Å²) in [6.07, 6.45) is 3.93. The summed E-state index contributed by atoms with van der Waals surface area (Å²) in [6.45, 7) is 0. The minimum atomic E-state index is -0.0652. The highest BCUT2D eigenvalue weighted by atomic mass is 16.1. The minimum absolute atomic E-state index is 0.0652. The van der Waals surface area contributed by atoms with Crippen LogP contribution in [0.3, 0.4) is 0 Å². The summed E-state index contributed by atoms with van der Waals surface area (Å²) in [4.78, 5) is 11.3. The topological polar surface area (TPSA) is 33.0 Å². The molecule has 0 spiro atoms. The Bertz CT molecular complexity index is 477. The van der Waals surface area contributed by atoms with E-state index in [9.17, 15) is 4.79 Å². The second-order valence-corrected chi connectivity index (χ2v) is 3.41. The molecular formula is C13H13N2O+. The Labute approximate surface area is 94.4 Å². The molecule has 0 aliphatic carbocycles. The van der Waals surface area contributed by atoms with Crippen molar-refractivity contribution >= 4 is 5.91 Å². The number of pyridine rings is 1. The van der Waals surface area contributed by atoms with Gasteiger partial charge in [0.15, 0.2) is 12.4 Å². The van der Waals surface area contributed by atoms with Gasteiger partial charge in [0.2, 0.25) is 5.69 Å². The first-order valence-electron chi connectivity index (χ1n) is 5.10. The van der Waals surface area contributed by atoms with Gasteiger partial charge in [-0.1, -0.05) is 6.07 Å². The van der Waals surface area contributed by atoms with E-state index in [2.05, 4.69) is 5.32 Å². The fraction of sp³-hybridized carbons (Fsp3) is 0.0769. The normalized spacial score (nSPS) is 9.81. The molecule has 1 heterocycles. The molecule has 3 nitrogen and oxygen atoms in total. The molecule has 16 heavy (non-hydrogen) atoms. The van der Waals surface area contributed by atoms with Gasteiger partial charge in [0.25, 0.3) is 5.91 Å². The molecule has 2 rings (SSSR count). The van der Waals surface area contributed by atoms with Crippen molar-refractivity contribution < 1.29 is 9.36 Å². The molecule has 80 valence electrons. The van der Waals surface area contributed by atoms with Crippen molar-refractivity contribution in [3.8, 4) is 5.69 Å². The number of amides is 1. The smallest absolute Gasteiger partial charge is 0.251 e. The van der Waals surface area contributed by atoms with Crippen molar-refractivity contribution in [1.29, 1.82) is 0 Å². The molecule has 0 aliphatic heterocycles. The highest BCUT2D eigenvalue weighted by Crippen LogP contribution is 2.03. The van der Waals surface area contributed by atoms with Crippen LogP contribution in [-0.2, 0) is 0 Å². The van der Waals surface area contributed by atoms with Crippen LogP contribution in [0.4, 0.5) is 0 Å².